The predicted molar refractivity (Wildman–Crippen MR) is 140 cm³/mol. The van der Waals surface area contributed by atoms with Gasteiger partial charge in [0.1, 0.15) is 11.2 Å². The van der Waals surface area contributed by atoms with Gasteiger partial charge in [-0.25, -0.2) is 0 Å². The highest BCUT2D eigenvalue weighted by atomic mass is 35.5. The molecule has 2 aromatic rings. The highest BCUT2D eigenvalue weighted by Gasteiger charge is 2.67. The average Bonchev–Trinajstić information content (AvgIpc) is 3.21. The van der Waals surface area contributed by atoms with Gasteiger partial charge in [-0.2, -0.15) is 0 Å². The van der Waals surface area contributed by atoms with Crippen molar-refractivity contribution in [2.24, 2.45) is 5.41 Å². The third-order valence-electron chi connectivity index (χ3n) is 7.71. The van der Waals surface area contributed by atoms with E-state index in [0.717, 1.165) is 11.1 Å². The number of fused-ring (bicyclic) bond motifs is 2. The number of carbonyl (C=O) groups excluding carboxylic acids is 2. The quantitative estimate of drug-likeness (QED) is 0.392. The van der Waals surface area contributed by atoms with Crippen LogP contribution in [0, 0.1) is 5.41 Å². The summed E-state index contributed by atoms with van der Waals surface area (Å²) in [5.74, 6) is -0.741. The number of esters is 1. The van der Waals surface area contributed by atoms with Crippen LogP contribution >= 0.6 is 23.2 Å². The second kappa shape index (κ2) is 8.73. The van der Waals surface area contributed by atoms with Crippen LogP contribution in [0.1, 0.15) is 64.0 Å². The van der Waals surface area contributed by atoms with Crippen LogP contribution in [0.2, 0.25) is 10.0 Å². The summed E-state index contributed by atoms with van der Waals surface area (Å²) in [6.07, 6.45) is 1.61. The Labute approximate surface area is 221 Å². The first-order valence-electron chi connectivity index (χ1n) is 12.4. The zero-order valence-corrected chi connectivity index (χ0v) is 22.4. The summed E-state index contributed by atoms with van der Waals surface area (Å²) in [5.41, 5.74) is -0.545. The molecule has 0 aromatic heterocycles. The minimum atomic E-state index is -1.15. The van der Waals surface area contributed by atoms with Crippen molar-refractivity contribution in [3.63, 3.8) is 0 Å². The van der Waals surface area contributed by atoms with Gasteiger partial charge in [-0.1, -0.05) is 62.2 Å². The minimum absolute atomic E-state index is 0.117. The van der Waals surface area contributed by atoms with Gasteiger partial charge in [0, 0.05) is 33.6 Å². The first-order chi connectivity index (χ1) is 16.8. The molecule has 1 saturated carbocycles. The molecule has 6 nitrogen and oxygen atoms in total. The second-order valence-electron chi connectivity index (χ2n) is 12.0. The van der Waals surface area contributed by atoms with Crippen LogP contribution in [-0.2, 0) is 15.0 Å². The van der Waals surface area contributed by atoms with Gasteiger partial charge in [-0.05, 0) is 61.4 Å². The van der Waals surface area contributed by atoms with E-state index < -0.39 is 28.9 Å². The number of benzene rings is 2. The van der Waals surface area contributed by atoms with Crippen LogP contribution < -0.4 is 15.4 Å². The topological polar surface area (TPSA) is 87.7 Å². The zero-order valence-electron chi connectivity index (χ0n) is 20.9. The Balaban J connectivity index is 1.66. The fourth-order valence-corrected chi connectivity index (χ4v) is 6.74. The molecule has 3 aliphatic rings. The first kappa shape index (κ1) is 25.5. The molecule has 5 rings (SSSR count). The third-order valence-corrected chi connectivity index (χ3v) is 8.18. The molecule has 1 saturated heterocycles. The highest BCUT2D eigenvalue weighted by molar-refractivity contribution is 6.31. The van der Waals surface area contributed by atoms with E-state index in [1.165, 1.54) is 0 Å². The lowest BCUT2D eigenvalue weighted by Crippen LogP contribution is -2.57. The Morgan fingerprint density at radius 3 is 2.50 bits per heavy atom. The van der Waals surface area contributed by atoms with Gasteiger partial charge >= 0.3 is 5.97 Å². The molecule has 0 radical (unpaired) electrons. The van der Waals surface area contributed by atoms with E-state index in [1.807, 2.05) is 24.3 Å². The molecule has 1 spiro atoms. The van der Waals surface area contributed by atoms with Crippen LogP contribution in [0.4, 0.5) is 0 Å². The van der Waals surface area contributed by atoms with Crippen molar-refractivity contribution in [2.45, 2.75) is 82.0 Å². The maximum Gasteiger partial charge on any atom is 0.324 e. The molecular weight excluding hydrogens is 499 g/mol. The van der Waals surface area contributed by atoms with E-state index >= 15 is 0 Å². The number of carbonyl (C=O) groups is 2. The molecule has 1 aliphatic carbocycles. The van der Waals surface area contributed by atoms with Gasteiger partial charge < -0.3 is 20.5 Å². The summed E-state index contributed by atoms with van der Waals surface area (Å²) in [6.45, 7) is 8.11. The number of aliphatic hydroxyl groups is 1. The number of amides is 1. The monoisotopic (exact) mass is 530 g/mol. The van der Waals surface area contributed by atoms with Crippen molar-refractivity contribution in [2.75, 3.05) is 0 Å². The SMILES string of the molecule is CC(C)(C)C[C@H]1N[C@@H](C(=O)N[C@H]2C[C@@](C)(O)C2)[C@H](c2cccc(Cl)c2)[C@@]12C(=O)Oc1cc(Cl)ccc12. The van der Waals surface area contributed by atoms with E-state index in [2.05, 4.69) is 31.4 Å². The molecule has 2 fully saturated rings. The second-order valence-corrected chi connectivity index (χ2v) is 12.9. The summed E-state index contributed by atoms with van der Waals surface area (Å²) in [4.78, 5) is 27.8. The summed E-state index contributed by atoms with van der Waals surface area (Å²) < 4.78 is 5.86. The molecule has 4 atom stereocenters. The Morgan fingerprint density at radius 1 is 1.17 bits per heavy atom. The smallest absolute Gasteiger partial charge is 0.324 e. The van der Waals surface area contributed by atoms with Gasteiger partial charge in [0.2, 0.25) is 5.91 Å². The Morgan fingerprint density at radius 2 is 1.86 bits per heavy atom. The van der Waals surface area contributed by atoms with Crippen molar-refractivity contribution in [1.82, 2.24) is 10.6 Å². The zero-order chi connectivity index (χ0) is 26.0. The standard InChI is InChI=1S/C28H32Cl2N2O4/c1-26(2,3)14-21-28(19-9-8-17(30)11-20(19)36-25(28)34)22(15-6-5-7-16(29)10-15)23(32-21)24(33)31-18-12-27(4,35)13-18/h5-11,18,21-23,32,35H,12-14H2,1-4H3,(H,31,33)/t18-,21-,22+,23-,27+,28+/m1/s1. The third kappa shape index (κ3) is 4.32. The van der Waals surface area contributed by atoms with Gasteiger partial charge in [-0.15, -0.1) is 0 Å². The Bertz CT molecular complexity index is 1220. The molecule has 2 aliphatic heterocycles. The molecule has 0 bridgehead atoms. The van der Waals surface area contributed by atoms with Crippen LogP contribution in [-0.4, -0.2) is 40.7 Å². The lowest BCUT2D eigenvalue weighted by molar-refractivity contribution is -0.139. The maximum absolute atomic E-state index is 14.0. The molecule has 8 heteroatoms. The number of rotatable bonds is 4. The molecule has 0 unspecified atom stereocenters. The van der Waals surface area contributed by atoms with E-state index in [4.69, 9.17) is 27.9 Å². The predicted octanol–water partition coefficient (Wildman–Crippen LogP) is 4.74. The van der Waals surface area contributed by atoms with Gasteiger partial charge in [-0.3, -0.25) is 9.59 Å². The summed E-state index contributed by atoms with van der Waals surface area (Å²) in [6, 6.07) is 11.4. The van der Waals surface area contributed by atoms with Gasteiger partial charge in [0.05, 0.1) is 11.6 Å². The van der Waals surface area contributed by atoms with Crippen molar-refractivity contribution in [1.29, 1.82) is 0 Å². The van der Waals surface area contributed by atoms with Crippen molar-refractivity contribution < 1.29 is 19.4 Å². The maximum atomic E-state index is 14.0. The van der Waals surface area contributed by atoms with Crippen LogP contribution in [0.3, 0.4) is 0 Å². The normalized spacial score (nSPS) is 33.2. The number of hydrogen-bond donors (Lipinski definition) is 3. The van der Waals surface area contributed by atoms with Crippen LogP contribution in [0.5, 0.6) is 5.75 Å². The molecular formula is C28H32Cl2N2O4. The van der Waals surface area contributed by atoms with Crippen LogP contribution in [0.25, 0.3) is 0 Å². The fraction of sp³-hybridized carbons (Fsp3) is 0.500. The Kier molecular flexibility index (Phi) is 6.19. The summed E-state index contributed by atoms with van der Waals surface area (Å²) >= 11 is 12.7. The minimum Gasteiger partial charge on any atom is -0.425 e. The lowest BCUT2D eigenvalue weighted by atomic mass is 9.62. The fourth-order valence-electron chi connectivity index (χ4n) is 6.37. The van der Waals surface area contributed by atoms with Gasteiger partial charge in [0.15, 0.2) is 0 Å². The number of ether oxygens (including phenoxy) is 1. The van der Waals surface area contributed by atoms with Crippen molar-refractivity contribution in [3.05, 3.63) is 63.6 Å². The molecule has 2 heterocycles. The largest absolute Gasteiger partial charge is 0.425 e. The molecule has 36 heavy (non-hydrogen) atoms. The van der Waals surface area contributed by atoms with Crippen LogP contribution in [0.15, 0.2) is 42.5 Å². The molecule has 3 N–H and O–H groups in total. The summed E-state index contributed by atoms with van der Waals surface area (Å²) in [7, 11) is 0. The number of nitrogens with one attached hydrogen (secondary N) is 2. The van der Waals surface area contributed by atoms with Crippen molar-refractivity contribution in [3.8, 4) is 5.75 Å². The van der Waals surface area contributed by atoms with E-state index in [1.54, 1.807) is 25.1 Å². The van der Waals surface area contributed by atoms with E-state index in [9.17, 15) is 14.7 Å². The van der Waals surface area contributed by atoms with E-state index in [-0.39, 0.29) is 23.4 Å². The molecule has 1 amide bonds. The Hall–Kier alpha value is -2.12. The highest BCUT2D eigenvalue weighted by Crippen LogP contribution is 2.57. The first-order valence-corrected chi connectivity index (χ1v) is 13.1. The number of hydrogen-bond acceptors (Lipinski definition) is 5. The lowest BCUT2D eigenvalue weighted by Gasteiger charge is -2.42. The molecule has 192 valence electrons. The van der Waals surface area contributed by atoms with E-state index in [0.29, 0.717) is 35.1 Å². The molecule has 2 aromatic carbocycles. The number of halogens is 2. The summed E-state index contributed by atoms with van der Waals surface area (Å²) in [5, 5.41) is 17.8. The van der Waals surface area contributed by atoms with Crippen molar-refractivity contribution >= 4 is 35.1 Å². The van der Waals surface area contributed by atoms with Gasteiger partial charge in [0.25, 0.3) is 0 Å². The average molecular weight is 531 g/mol.